The van der Waals surface area contributed by atoms with E-state index >= 15 is 0 Å². The minimum atomic E-state index is -3.26. The predicted molar refractivity (Wildman–Crippen MR) is 161 cm³/mol. The first kappa shape index (κ1) is 31.6. The van der Waals surface area contributed by atoms with Gasteiger partial charge in [0.25, 0.3) is 0 Å². The van der Waals surface area contributed by atoms with Crippen molar-refractivity contribution in [3.05, 3.63) is 71.7 Å². The van der Waals surface area contributed by atoms with Crippen LogP contribution in [0.25, 0.3) is 0 Å². The number of sulfonamides is 1. The average molecular weight is 588 g/mol. The Kier molecular flexibility index (Phi) is 11.3. The Morgan fingerprint density at radius 1 is 1.22 bits per heavy atom. The fourth-order valence-corrected chi connectivity index (χ4v) is 8.36. The molecule has 0 spiro atoms. The predicted octanol–water partition coefficient (Wildman–Crippen LogP) is 5.18. The Morgan fingerprint density at radius 2 is 1.95 bits per heavy atom. The van der Waals surface area contributed by atoms with Gasteiger partial charge in [0, 0.05) is 44.4 Å². The zero-order chi connectivity index (χ0) is 29.4. The molecule has 4 atom stereocenters. The van der Waals surface area contributed by atoms with E-state index in [9.17, 15) is 17.6 Å². The summed E-state index contributed by atoms with van der Waals surface area (Å²) in [5, 5.41) is 6.62. The minimum Gasteiger partial charge on any atom is -0.381 e. The SMILES string of the molecule is C=C(CC[C@H]1CN[C@@H]2CCCS(=O)(=O)N1C2)/C(=C\C=C/C)NC(=O)C[C@@H](c1ccc(F)cc1)C1CCC(OC)CC1. The summed E-state index contributed by atoms with van der Waals surface area (Å²) in [5.41, 5.74) is 2.39. The van der Waals surface area contributed by atoms with Gasteiger partial charge in [-0.15, -0.1) is 0 Å². The number of halogens is 1. The number of nitrogens with zero attached hydrogens (tertiary/aromatic N) is 1. The number of piperazine rings is 1. The average Bonchev–Trinajstić information content (AvgIpc) is 3.09. The normalized spacial score (nSPS) is 29.0. The standard InChI is InChI=1S/C32H46FN3O4S/c1-4-5-8-31(23(2)9-16-28-21-34-27-7-6-19-41(38,39)36(28)22-27)35-32(37)20-30(24-10-14-26(33)15-11-24)25-12-17-29(40-3)18-13-25/h4-5,8,10-11,14-15,25,27-30,34H,2,6-7,9,12-13,16-22H2,1,3H3,(H,35,37)/b5-4-,31-8+/t25?,27-,28+,29?,30+/m1/s1. The van der Waals surface area contributed by atoms with Crippen LogP contribution < -0.4 is 10.6 Å². The van der Waals surface area contributed by atoms with Crippen LogP contribution in [0.3, 0.4) is 0 Å². The molecule has 1 amide bonds. The van der Waals surface area contributed by atoms with Gasteiger partial charge < -0.3 is 15.4 Å². The number of rotatable bonds is 11. The van der Waals surface area contributed by atoms with E-state index in [1.165, 1.54) is 12.1 Å². The van der Waals surface area contributed by atoms with Gasteiger partial charge >= 0.3 is 0 Å². The van der Waals surface area contributed by atoms with Gasteiger partial charge in [0.05, 0.1) is 11.9 Å². The zero-order valence-corrected chi connectivity index (χ0v) is 25.3. The maximum absolute atomic E-state index is 13.7. The van der Waals surface area contributed by atoms with Crippen LogP contribution in [0.4, 0.5) is 4.39 Å². The molecule has 2 saturated heterocycles. The monoisotopic (exact) mass is 587 g/mol. The molecule has 41 heavy (non-hydrogen) atoms. The largest absolute Gasteiger partial charge is 0.381 e. The van der Waals surface area contributed by atoms with Gasteiger partial charge in [-0.1, -0.05) is 30.9 Å². The third-order valence-electron chi connectivity index (χ3n) is 8.98. The molecule has 3 aliphatic rings. The summed E-state index contributed by atoms with van der Waals surface area (Å²) in [4.78, 5) is 13.5. The molecule has 3 fully saturated rings. The first-order valence-electron chi connectivity index (χ1n) is 15.0. The third kappa shape index (κ3) is 8.60. The van der Waals surface area contributed by atoms with Crippen molar-refractivity contribution < 1.29 is 22.3 Å². The molecule has 9 heteroatoms. The Morgan fingerprint density at radius 3 is 2.63 bits per heavy atom. The highest BCUT2D eigenvalue weighted by Gasteiger charge is 2.38. The Balaban J connectivity index is 1.42. The van der Waals surface area contributed by atoms with E-state index in [1.54, 1.807) is 23.5 Å². The van der Waals surface area contributed by atoms with E-state index in [4.69, 9.17) is 4.74 Å². The number of fused-ring (bicyclic) bond motifs is 2. The summed E-state index contributed by atoms with van der Waals surface area (Å²) in [6.07, 6.45) is 12.7. The molecule has 1 aromatic carbocycles. The molecule has 4 rings (SSSR count). The van der Waals surface area contributed by atoms with Gasteiger partial charge in [0.1, 0.15) is 5.82 Å². The molecule has 7 nitrogen and oxygen atoms in total. The Labute approximate surface area is 245 Å². The molecule has 1 unspecified atom stereocenters. The number of hydrogen-bond donors (Lipinski definition) is 2. The number of amides is 1. The van der Waals surface area contributed by atoms with Crippen LogP contribution in [0.5, 0.6) is 0 Å². The topological polar surface area (TPSA) is 87.7 Å². The molecule has 0 aromatic heterocycles. The fraction of sp³-hybridized carbons (Fsp3) is 0.594. The van der Waals surface area contributed by atoms with Gasteiger partial charge in [0.2, 0.25) is 15.9 Å². The van der Waals surface area contributed by atoms with Crippen molar-refractivity contribution in [2.45, 2.75) is 88.8 Å². The van der Waals surface area contributed by atoms with Crippen LogP contribution in [-0.2, 0) is 19.6 Å². The van der Waals surface area contributed by atoms with E-state index in [1.807, 2.05) is 25.2 Å². The molecule has 1 aliphatic carbocycles. The van der Waals surface area contributed by atoms with Gasteiger partial charge in [-0.25, -0.2) is 12.8 Å². The van der Waals surface area contributed by atoms with Crippen LogP contribution in [-0.4, -0.2) is 62.8 Å². The van der Waals surface area contributed by atoms with Crippen LogP contribution in [0.1, 0.15) is 76.2 Å². The third-order valence-corrected chi connectivity index (χ3v) is 10.9. The maximum atomic E-state index is 13.7. The van der Waals surface area contributed by atoms with Crippen LogP contribution in [0.2, 0.25) is 0 Å². The lowest BCUT2D eigenvalue weighted by Crippen LogP contribution is -2.57. The van der Waals surface area contributed by atoms with Gasteiger partial charge in [-0.2, -0.15) is 4.31 Å². The number of hydrogen-bond acceptors (Lipinski definition) is 5. The second-order valence-electron chi connectivity index (χ2n) is 11.7. The molecule has 2 aliphatic heterocycles. The van der Waals surface area contributed by atoms with Crippen molar-refractivity contribution in [1.29, 1.82) is 0 Å². The molecule has 2 bridgehead atoms. The van der Waals surface area contributed by atoms with E-state index < -0.39 is 10.0 Å². The molecular weight excluding hydrogens is 541 g/mol. The van der Waals surface area contributed by atoms with Crippen molar-refractivity contribution in [3.8, 4) is 0 Å². The van der Waals surface area contributed by atoms with Crippen LogP contribution in [0, 0.1) is 11.7 Å². The number of carbonyl (C=O) groups is 1. The lowest BCUT2D eigenvalue weighted by atomic mass is 9.74. The number of carbonyl (C=O) groups excluding carboxylic acids is 1. The van der Waals surface area contributed by atoms with E-state index in [0.29, 0.717) is 44.0 Å². The highest BCUT2D eigenvalue weighted by atomic mass is 32.2. The number of ether oxygens (including phenoxy) is 1. The summed E-state index contributed by atoms with van der Waals surface area (Å²) in [5.74, 6) is 0.0843. The first-order chi connectivity index (χ1) is 19.7. The summed E-state index contributed by atoms with van der Waals surface area (Å²) < 4.78 is 46.7. The number of methoxy groups -OCH3 is 1. The Bertz CT molecular complexity index is 1210. The van der Waals surface area contributed by atoms with Gasteiger partial charge in [-0.3, -0.25) is 4.79 Å². The molecule has 1 aromatic rings. The first-order valence-corrected chi connectivity index (χ1v) is 16.6. The Hall–Kier alpha value is -2.33. The van der Waals surface area contributed by atoms with Crippen LogP contribution in [0.15, 0.2) is 60.3 Å². The molecule has 226 valence electrons. The van der Waals surface area contributed by atoms with Crippen molar-refractivity contribution in [3.63, 3.8) is 0 Å². The lowest BCUT2D eigenvalue weighted by molar-refractivity contribution is -0.121. The summed E-state index contributed by atoms with van der Waals surface area (Å²) >= 11 is 0. The lowest BCUT2D eigenvalue weighted by Gasteiger charge is -2.37. The quantitative estimate of drug-likeness (QED) is 0.348. The summed E-state index contributed by atoms with van der Waals surface area (Å²) in [6.45, 7) is 7.33. The van der Waals surface area contributed by atoms with Crippen molar-refractivity contribution in [1.82, 2.24) is 14.9 Å². The second-order valence-corrected chi connectivity index (χ2v) is 13.8. The van der Waals surface area contributed by atoms with Crippen molar-refractivity contribution in [2.24, 2.45) is 5.92 Å². The number of nitrogens with one attached hydrogen (secondary N) is 2. The maximum Gasteiger partial charge on any atom is 0.225 e. The smallest absolute Gasteiger partial charge is 0.225 e. The number of allylic oxidation sites excluding steroid dienone is 4. The van der Waals surface area contributed by atoms with E-state index in [2.05, 4.69) is 17.2 Å². The molecule has 1 saturated carbocycles. The highest BCUT2D eigenvalue weighted by molar-refractivity contribution is 7.89. The van der Waals surface area contributed by atoms with Crippen LogP contribution >= 0.6 is 0 Å². The molecule has 0 radical (unpaired) electrons. The molecule has 2 heterocycles. The van der Waals surface area contributed by atoms with Gasteiger partial charge in [0.15, 0.2) is 0 Å². The van der Waals surface area contributed by atoms with E-state index in [0.717, 1.165) is 43.2 Å². The second kappa shape index (κ2) is 14.7. The molecule has 2 N–H and O–H groups in total. The number of benzene rings is 1. The highest BCUT2D eigenvalue weighted by Crippen LogP contribution is 2.39. The van der Waals surface area contributed by atoms with Gasteiger partial charge in [-0.05, 0) is 99.5 Å². The molecular formula is C32H46FN3O4S. The summed E-state index contributed by atoms with van der Waals surface area (Å²) in [6, 6.07) is 6.61. The fourth-order valence-electron chi connectivity index (χ4n) is 6.56. The zero-order valence-electron chi connectivity index (χ0n) is 24.5. The van der Waals surface area contributed by atoms with Crippen molar-refractivity contribution >= 4 is 15.9 Å². The van der Waals surface area contributed by atoms with E-state index in [-0.39, 0.29) is 48.0 Å². The summed E-state index contributed by atoms with van der Waals surface area (Å²) in [7, 11) is -1.52. The minimum absolute atomic E-state index is 0.0286. The van der Waals surface area contributed by atoms with Crippen molar-refractivity contribution in [2.75, 3.05) is 26.0 Å².